The molecule has 0 radical (unpaired) electrons. The summed E-state index contributed by atoms with van der Waals surface area (Å²) in [4.78, 5) is 34.0. The highest BCUT2D eigenvalue weighted by Gasteiger charge is 2.58. The molecular formula is C25H26N4O4. The number of piperidine rings is 1. The van der Waals surface area contributed by atoms with Crippen molar-refractivity contribution in [1.82, 2.24) is 9.88 Å². The molecule has 0 aliphatic carbocycles. The molecule has 8 nitrogen and oxygen atoms in total. The number of fused-ring (bicyclic) bond motifs is 1. The lowest BCUT2D eigenvalue weighted by molar-refractivity contribution is -0.140. The number of esters is 1. The number of ether oxygens (including phenoxy) is 2. The molecule has 33 heavy (non-hydrogen) atoms. The van der Waals surface area contributed by atoms with Crippen LogP contribution < -0.4 is 4.90 Å². The normalized spacial score (nSPS) is 23.5. The average molecular weight is 447 g/mol. The summed E-state index contributed by atoms with van der Waals surface area (Å²) >= 11 is 0. The Morgan fingerprint density at radius 1 is 1.24 bits per heavy atom. The van der Waals surface area contributed by atoms with Crippen LogP contribution in [-0.2, 0) is 14.3 Å². The van der Waals surface area contributed by atoms with Gasteiger partial charge in [0.25, 0.3) is 5.91 Å². The number of amides is 1. The van der Waals surface area contributed by atoms with Gasteiger partial charge in [-0.3, -0.25) is 4.79 Å². The molecule has 0 bridgehead atoms. The molecule has 1 aromatic carbocycles. The van der Waals surface area contributed by atoms with Crippen molar-refractivity contribution in [1.29, 1.82) is 5.26 Å². The van der Waals surface area contributed by atoms with E-state index in [4.69, 9.17) is 9.47 Å². The molecule has 170 valence electrons. The van der Waals surface area contributed by atoms with Crippen molar-refractivity contribution in [3.63, 3.8) is 0 Å². The quantitative estimate of drug-likeness (QED) is 0.669. The highest BCUT2D eigenvalue weighted by Crippen LogP contribution is 2.47. The molecule has 5 rings (SSSR count). The number of hydrogen-bond acceptors (Lipinski definition) is 7. The molecule has 1 spiro atoms. The minimum atomic E-state index is -0.799. The van der Waals surface area contributed by atoms with Crippen LogP contribution in [0.2, 0.25) is 0 Å². The standard InChI is InChI=1S/C25H26N4O4/c1-16-14-18(23(30)32-2)19(15-26)27-22(16)28-12-10-25(11-13-28)24(31)29-20(8-9-21(29)33-25)17-6-4-3-5-7-17/h3-7,14,20-21H,8-13H2,1-2H3. The number of aryl methyl sites for hydroxylation is 1. The molecule has 2 aromatic rings. The van der Waals surface area contributed by atoms with Gasteiger partial charge in [-0.2, -0.15) is 5.26 Å². The molecule has 8 heteroatoms. The van der Waals surface area contributed by atoms with Crippen LogP contribution in [0.4, 0.5) is 5.82 Å². The highest BCUT2D eigenvalue weighted by atomic mass is 16.6. The summed E-state index contributed by atoms with van der Waals surface area (Å²) in [6, 6.07) is 13.9. The maximum Gasteiger partial charge on any atom is 0.340 e. The fourth-order valence-electron chi connectivity index (χ4n) is 5.40. The lowest BCUT2D eigenvalue weighted by atomic mass is 9.89. The first-order chi connectivity index (χ1) is 16.0. The van der Waals surface area contributed by atoms with Crippen molar-refractivity contribution in [2.75, 3.05) is 25.1 Å². The molecule has 0 saturated carbocycles. The van der Waals surface area contributed by atoms with E-state index >= 15 is 0 Å². The van der Waals surface area contributed by atoms with Crippen LogP contribution in [0.5, 0.6) is 0 Å². The van der Waals surface area contributed by atoms with Gasteiger partial charge in [0, 0.05) is 25.9 Å². The Balaban J connectivity index is 1.34. The van der Waals surface area contributed by atoms with Crippen molar-refractivity contribution >= 4 is 17.7 Å². The minimum Gasteiger partial charge on any atom is -0.465 e. The van der Waals surface area contributed by atoms with E-state index in [1.54, 1.807) is 6.07 Å². The predicted octanol–water partition coefficient (Wildman–Crippen LogP) is 3.11. The maximum absolute atomic E-state index is 13.6. The zero-order chi connectivity index (χ0) is 23.2. The monoisotopic (exact) mass is 446 g/mol. The number of benzene rings is 1. The smallest absolute Gasteiger partial charge is 0.340 e. The van der Waals surface area contributed by atoms with Gasteiger partial charge in [0.2, 0.25) is 0 Å². The van der Waals surface area contributed by atoms with E-state index in [-0.39, 0.29) is 29.4 Å². The summed E-state index contributed by atoms with van der Waals surface area (Å²) < 4.78 is 11.2. The van der Waals surface area contributed by atoms with E-state index in [2.05, 4.69) is 22.0 Å². The van der Waals surface area contributed by atoms with Gasteiger partial charge in [-0.25, -0.2) is 9.78 Å². The summed E-state index contributed by atoms with van der Waals surface area (Å²) in [6.45, 7) is 3.02. The second-order valence-corrected chi connectivity index (χ2v) is 8.90. The fourth-order valence-corrected chi connectivity index (χ4v) is 5.40. The van der Waals surface area contributed by atoms with Gasteiger partial charge in [-0.1, -0.05) is 30.3 Å². The summed E-state index contributed by atoms with van der Waals surface area (Å²) in [5.41, 5.74) is 1.35. The number of hydrogen-bond donors (Lipinski definition) is 0. The number of anilines is 1. The Kier molecular flexibility index (Phi) is 5.29. The third-order valence-electron chi connectivity index (χ3n) is 7.07. The first-order valence-electron chi connectivity index (χ1n) is 11.3. The molecule has 3 aliphatic heterocycles. The number of carbonyl (C=O) groups is 2. The van der Waals surface area contributed by atoms with E-state index < -0.39 is 11.6 Å². The van der Waals surface area contributed by atoms with Gasteiger partial charge >= 0.3 is 5.97 Å². The molecule has 3 fully saturated rings. The van der Waals surface area contributed by atoms with Crippen LogP contribution >= 0.6 is 0 Å². The second kappa shape index (κ2) is 8.16. The predicted molar refractivity (Wildman–Crippen MR) is 119 cm³/mol. The van der Waals surface area contributed by atoms with Gasteiger partial charge in [0.15, 0.2) is 11.3 Å². The molecule has 1 amide bonds. The summed E-state index contributed by atoms with van der Waals surface area (Å²) in [6.07, 6.45) is 2.70. The van der Waals surface area contributed by atoms with Crippen molar-refractivity contribution in [3.8, 4) is 6.07 Å². The summed E-state index contributed by atoms with van der Waals surface area (Å²) in [5.74, 6) is 0.161. The SMILES string of the molecule is COC(=O)c1cc(C)c(N2CCC3(CC2)OC2CCC(c4ccccc4)N2C3=O)nc1C#N. The zero-order valence-electron chi connectivity index (χ0n) is 18.8. The van der Waals surface area contributed by atoms with E-state index in [1.165, 1.54) is 7.11 Å². The van der Waals surface area contributed by atoms with Gasteiger partial charge in [0.1, 0.15) is 18.1 Å². The number of pyridine rings is 1. The van der Waals surface area contributed by atoms with Crippen LogP contribution in [0.1, 0.15) is 58.9 Å². The molecular weight excluding hydrogens is 420 g/mol. The molecule has 0 N–H and O–H groups in total. The largest absolute Gasteiger partial charge is 0.465 e. The van der Waals surface area contributed by atoms with Crippen LogP contribution in [0.25, 0.3) is 0 Å². The van der Waals surface area contributed by atoms with Crippen molar-refractivity contribution in [3.05, 3.63) is 58.8 Å². The van der Waals surface area contributed by atoms with E-state index in [1.807, 2.05) is 36.1 Å². The van der Waals surface area contributed by atoms with Gasteiger partial charge in [0.05, 0.1) is 18.7 Å². The topological polar surface area (TPSA) is 95.8 Å². The summed E-state index contributed by atoms with van der Waals surface area (Å²) in [5, 5.41) is 9.48. The first kappa shape index (κ1) is 21.4. The number of methoxy groups -OCH3 is 1. The Morgan fingerprint density at radius 2 is 1.97 bits per heavy atom. The Bertz CT molecular complexity index is 1140. The Morgan fingerprint density at radius 3 is 2.64 bits per heavy atom. The van der Waals surface area contributed by atoms with Gasteiger partial charge < -0.3 is 19.3 Å². The number of nitrogens with zero attached hydrogens (tertiary/aromatic N) is 4. The van der Waals surface area contributed by atoms with Crippen LogP contribution in [0.15, 0.2) is 36.4 Å². The molecule has 2 atom stereocenters. The number of nitriles is 1. The van der Waals surface area contributed by atoms with Crippen molar-refractivity contribution in [2.24, 2.45) is 0 Å². The van der Waals surface area contributed by atoms with Gasteiger partial charge in [-0.15, -0.1) is 0 Å². The lowest BCUT2D eigenvalue weighted by Gasteiger charge is -2.38. The van der Waals surface area contributed by atoms with Crippen LogP contribution in [-0.4, -0.2) is 53.8 Å². The molecule has 4 heterocycles. The number of aromatic nitrogens is 1. The van der Waals surface area contributed by atoms with E-state index in [9.17, 15) is 14.9 Å². The molecule has 1 aromatic heterocycles. The zero-order valence-corrected chi connectivity index (χ0v) is 18.8. The van der Waals surface area contributed by atoms with E-state index in [0.717, 1.165) is 24.0 Å². The molecule has 3 saturated heterocycles. The number of rotatable bonds is 3. The Labute approximate surface area is 192 Å². The van der Waals surface area contributed by atoms with Gasteiger partial charge in [-0.05, 0) is 37.0 Å². The first-order valence-corrected chi connectivity index (χ1v) is 11.3. The van der Waals surface area contributed by atoms with Crippen molar-refractivity contribution in [2.45, 2.75) is 50.5 Å². The Hall–Kier alpha value is -3.44. The fraction of sp³-hybridized carbons (Fsp3) is 0.440. The minimum absolute atomic E-state index is 0.0438. The van der Waals surface area contributed by atoms with Crippen LogP contribution in [0, 0.1) is 18.3 Å². The molecule has 2 unspecified atom stereocenters. The molecule has 3 aliphatic rings. The third kappa shape index (κ3) is 3.44. The summed E-state index contributed by atoms with van der Waals surface area (Å²) in [7, 11) is 1.28. The maximum atomic E-state index is 13.6. The van der Waals surface area contributed by atoms with E-state index in [0.29, 0.717) is 31.7 Å². The van der Waals surface area contributed by atoms with Crippen LogP contribution in [0.3, 0.4) is 0 Å². The van der Waals surface area contributed by atoms with Crippen molar-refractivity contribution < 1.29 is 19.1 Å². The lowest BCUT2D eigenvalue weighted by Crippen LogP contribution is -2.50. The third-order valence-corrected chi connectivity index (χ3v) is 7.07. The number of carbonyl (C=O) groups excluding carboxylic acids is 2. The highest BCUT2D eigenvalue weighted by molar-refractivity contribution is 5.92. The second-order valence-electron chi connectivity index (χ2n) is 8.90. The average Bonchev–Trinajstić information content (AvgIpc) is 3.37.